The predicted octanol–water partition coefficient (Wildman–Crippen LogP) is 7.89. The van der Waals surface area contributed by atoms with E-state index >= 15 is 0 Å². The van der Waals surface area contributed by atoms with E-state index in [0.717, 1.165) is 36.5 Å². The number of benzene rings is 1. The minimum absolute atomic E-state index is 0.00231. The smallest absolute Gasteiger partial charge is 0.270 e. The number of likely N-dealkylation sites (tertiary alicyclic amines) is 1. The molecule has 0 aromatic heterocycles. The van der Waals surface area contributed by atoms with Crippen molar-refractivity contribution in [2.45, 2.75) is 133 Å². The minimum atomic E-state index is -0.350. The van der Waals surface area contributed by atoms with Gasteiger partial charge in [0.2, 0.25) is 0 Å². The van der Waals surface area contributed by atoms with Crippen LogP contribution in [-0.2, 0) is 9.59 Å². The lowest BCUT2D eigenvalue weighted by atomic mass is 9.96. The summed E-state index contributed by atoms with van der Waals surface area (Å²) in [5, 5.41) is 9.76. The van der Waals surface area contributed by atoms with Crippen LogP contribution in [0.4, 0.5) is 0 Å². The van der Waals surface area contributed by atoms with Crippen molar-refractivity contribution in [3.63, 3.8) is 0 Å². The summed E-state index contributed by atoms with van der Waals surface area (Å²) in [5.41, 5.74) is 12.1. The molecule has 0 spiro atoms. The number of carbonyl (C=O) groups excluding carboxylic acids is 2. The summed E-state index contributed by atoms with van der Waals surface area (Å²) in [7, 11) is 0. The highest BCUT2D eigenvalue weighted by Crippen LogP contribution is 2.26. The second-order valence-electron chi connectivity index (χ2n) is 12.3. The molecule has 3 N–H and O–H groups in total. The largest absolute Gasteiger partial charge is 0.394 e. The first-order valence-electron chi connectivity index (χ1n) is 16.3. The molecule has 0 bridgehead atoms. The van der Waals surface area contributed by atoms with Gasteiger partial charge in [0.05, 0.1) is 12.6 Å². The van der Waals surface area contributed by atoms with E-state index in [9.17, 15) is 14.7 Å². The Morgan fingerprint density at radius 1 is 1.05 bits per heavy atom. The molecule has 1 aromatic rings. The number of allylic oxidation sites excluding steroid dienone is 1. The average molecular weight is 586 g/mol. The molecule has 6 nitrogen and oxygen atoms in total. The second-order valence-corrected chi connectivity index (χ2v) is 12.3. The van der Waals surface area contributed by atoms with E-state index in [4.69, 9.17) is 5.73 Å². The van der Waals surface area contributed by atoms with Gasteiger partial charge in [-0.15, -0.1) is 0 Å². The van der Waals surface area contributed by atoms with Crippen molar-refractivity contribution >= 4 is 17.4 Å². The van der Waals surface area contributed by atoms with Crippen molar-refractivity contribution < 1.29 is 14.7 Å². The molecular formula is C36H63N3O3. The van der Waals surface area contributed by atoms with Crippen LogP contribution in [0.1, 0.15) is 123 Å². The van der Waals surface area contributed by atoms with Crippen molar-refractivity contribution in [3.05, 3.63) is 46.2 Å². The summed E-state index contributed by atoms with van der Waals surface area (Å²) in [4.78, 5) is 29.6. The van der Waals surface area contributed by atoms with Gasteiger partial charge in [-0.25, -0.2) is 0 Å². The van der Waals surface area contributed by atoms with E-state index in [-0.39, 0.29) is 36.0 Å². The Balaban J connectivity index is 0.000000686. The Hall–Kier alpha value is -2.47. The maximum atomic E-state index is 12.6. The number of rotatable bonds is 7. The number of ketones is 1. The third kappa shape index (κ3) is 15.7. The lowest BCUT2D eigenvalue weighted by Gasteiger charge is -2.34. The number of amides is 1. The van der Waals surface area contributed by atoms with Gasteiger partial charge in [0.15, 0.2) is 5.78 Å². The van der Waals surface area contributed by atoms with Crippen molar-refractivity contribution in [3.8, 4) is 0 Å². The highest BCUT2D eigenvalue weighted by molar-refractivity contribution is 6.09. The molecule has 240 valence electrons. The lowest BCUT2D eigenvalue weighted by Crippen LogP contribution is -2.46. The van der Waals surface area contributed by atoms with Crippen molar-refractivity contribution in [2.75, 3.05) is 19.6 Å². The number of aryl methyl sites for hydroxylation is 2. The highest BCUT2D eigenvalue weighted by Gasteiger charge is 2.30. The van der Waals surface area contributed by atoms with Gasteiger partial charge in [0.25, 0.3) is 5.91 Å². The van der Waals surface area contributed by atoms with Gasteiger partial charge in [-0.3, -0.25) is 14.6 Å². The Bertz CT molecular complexity index is 974. The van der Waals surface area contributed by atoms with E-state index in [1.807, 2.05) is 6.92 Å². The van der Waals surface area contributed by atoms with Gasteiger partial charge in [-0.05, 0) is 81.9 Å². The number of hydrogen-bond acceptors (Lipinski definition) is 5. The summed E-state index contributed by atoms with van der Waals surface area (Å²) in [6.07, 6.45) is 9.44. The SMILES string of the molecule is CC(=O)CN=C1CCC/C1=C(/N)C(=O)N1CC[C@H](O)[C@H](C)C1.CCCC.CCCCC(C)C.Cc1cccc(C)c1C. The normalized spacial score (nSPS) is 20.1. The minimum Gasteiger partial charge on any atom is -0.394 e. The summed E-state index contributed by atoms with van der Waals surface area (Å²) in [6, 6.07) is 6.38. The monoisotopic (exact) mass is 585 g/mol. The quantitative estimate of drug-likeness (QED) is 0.318. The van der Waals surface area contributed by atoms with Gasteiger partial charge < -0.3 is 15.7 Å². The average Bonchev–Trinajstić information content (AvgIpc) is 3.44. The molecule has 2 atom stereocenters. The standard InChI is InChI=1S/C16H25N3O3.C9H12.C7H16.C4H10/c1-10-9-19(7-6-14(10)21)16(22)15(17)12-4-3-5-13(12)18-8-11(2)20;1-7-5-4-6-8(2)9(7)3;1-4-5-6-7(2)3;1-3-4-2/h10,14,21H,3-9,17H2,1-2H3;4-6H,1-3H3;7H,4-6H2,1-3H3;3-4H2,1-2H3/b15-12-,18-13?;;;/t10-,14+;;;/m1.../s1. The van der Waals surface area contributed by atoms with Crippen molar-refractivity contribution in [1.82, 2.24) is 4.90 Å². The van der Waals surface area contributed by atoms with Crippen LogP contribution in [0, 0.1) is 32.6 Å². The molecule has 0 unspecified atom stereocenters. The number of unbranched alkanes of at least 4 members (excludes halogenated alkanes) is 2. The van der Waals surface area contributed by atoms with E-state index in [1.165, 1.54) is 55.7 Å². The number of carbonyl (C=O) groups is 2. The van der Waals surface area contributed by atoms with Crippen molar-refractivity contribution in [1.29, 1.82) is 0 Å². The molecular weight excluding hydrogens is 522 g/mol. The molecule has 2 aliphatic rings. The Morgan fingerprint density at radius 3 is 2.07 bits per heavy atom. The van der Waals surface area contributed by atoms with Gasteiger partial charge in [-0.2, -0.15) is 0 Å². The molecule has 1 aliphatic carbocycles. The Kier molecular flexibility index (Phi) is 20.8. The van der Waals surface area contributed by atoms with Crippen LogP contribution in [0.3, 0.4) is 0 Å². The number of aliphatic imine (C=N–C) groups is 1. The molecule has 1 saturated heterocycles. The van der Waals surface area contributed by atoms with E-state index in [2.05, 4.69) is 78.6 Å². The van der Waals surface area contributed by atoms with Gasteiger partial charge >= 0.3 is 0 Å². The molecule has 1 aliphatic heterocycles. The number of nitrogens with two attached hydrogens (primary N) is 1. The first-order valence-corrected chi connectivity index (χ1v) is 16.3. The number of Topliss-reactive ketones (excluding diaryl/α,β-unsaturated/α-hetero) is 1. The van der Waals surface area contributed by atoms with Crippen LogP contribution in [0.15, 0.2) is 34.5 Å². The van der Waals surface area contributed by atoms with E-state index in [0.29, 0.717) is 19.5 Å². The number of hydrogen-bond donors (Lipinski definition) is 2. The number of aliphatic hydroxyl groups is 1. The molecule has 1 aromatic carbocycles. The van der Waals surface area contributed by atoms with Crippen LogP contribution in [0.2, 0.25) is 0 Å². The molecule has 0 radical (unpaired) electrons. The predicted molar refractivity (Wildman–Crippen MR) is 180 cm³/mol. The summed E-state index contributed by atoms with van der Waals surface area (Å²) in [5.74, 6) is 0.790. The summed E-state index contributed by atoms with van der Waals surface area (Å²) < 4.78 is 0. The zero-order valence-electron chi connectivity index (χ0n) is 28.7. The van der Waals surface area contributed by atoms with Crippen LogP contribution in [0.5, 0.6) is 0 Å². The maximum absolute atomic E-state index is 12.6. The van der Waals surface area contributed by atoms with Gasteiger partial charge in [0.1, 0.15) is 5.70 Å². The summed E-state index contributed by atoms with van der Waals surface area (Å²) >= 11 is 0. The van der Waals surface area contributed by atoms with E-state index in [1.54, 1.807) is 4.90 Å². The highest BCUT2D eigenvalue weighted by atomic mass is 16.3. The van der Waals surface area contributed by atoms with Crippen LogP contribution in [-0.4, -0.2) is 53.1 Å². The maximum Gasteiger partial charge on any atom is 0.270 e. The molecule has 42 heavy (non-hydrogen) atoms. The molecule has 1 heterocycles. The molecule has 1 amide bonds. The molecule has 6 heteroatoms. The first-order chi connectivity index (χ1) is 19.8. The van der Waals surface area contributed by atoms with Crippen LogP contribution < -0.4 is 5.73 Å². The Labute approximate surface area is 258 Å². The molecule has 2 fully saturated rings. The number of aliphatic hydroxyl groups excluding tert-OH is 1. The van der Waals surface area contributed by atoms with E-state index < -0.39 is 0 Å². The van der Waals surface area contributed by atoms with Gasteiger partial charge in [-0.1, -0.05) is 91.8 Å². The fourth-order valence-corrected chi connectivity index (χ4v) is 4.53. The second kappa shape index (κ2) is 22.1. The summed E-state index contributed by atoms with van der Waals surface area (Å²) in [6.45, 7) is 22.2. The topological polar surface area (TPSA) is 96.0 Å². The number of nitrogens with zero attached hydrogens (tertiary/aromatic N) is 2. The lowest BCUT2D eigenvalue weighted by molar-refractivity contribution is -0.130. The number of piperidine rings is 1. The third-order valence-electron chi connectivity index (χ3n) is 7.89. The Morgan fingerprint density at radius 2 is 1.64 bits per heavy atom. The van der Waals surface area contributed by atoms with Gasteiger partial charge in [0, 0.05) is 24.4 Å². The fraction of sp³-hybridized carbons (Fsp3) is 0.694. The van der Waals surface area contributed by atoms with Crippen LogP contribution >= 0.6 is 0 Å². The van der Waals surface area contributed by atoms with Crippen LogP contribution in [0.25, 0.3) is 0 Å². The zero-order chi connectivity index (χ0) is 32.2. The first kappa shape index (κ1) is 39.5. The van der Waals surface area contributed by atoms with Crippen molar-refractivity contribution in [2.24, 2.45) is 22.6 Å². The fourth-order valence-electron chi connectivity index (χ4n) is 4.53. The molecule has 3 rings (SSSR count). The third-order valence-corrected chi connectivity index (χ3v) is 7.89. The zero-order valence-corrected chi connectivity index (χ0v) is 28.7. The molecule has 1 saturated carbocycles.